The molecular formula is C13H13FN2O4S2. The summed E-state index contributed by atoms with van der Waals surface area (Å²) in [5, 5.41) is 3.83. The lowest BCUT2D eigenvalue weighted by molar-refractivity contribution is 0.340. The van der Waals surface area contributed by atoms with Crippen molar-refractivity contribution in [2.24, 2.45) is 0 Å². The lowest BCUT2D eigenvalue weighted by atomic mass is 10.3. The Labute approximate surface area is 131 Å². The van der Waals surface area contributed by atoms with Gasteiger partial charge in [-0.3, -0.25) is 4.72 Å². The Hall–Kier alpha value is -1.74. The summed E-state index contributed by atoms with van der Waals surface area (Å²) in [6.07, 6.45) is 0. The van der Waals surface area contributed by atoms with Gasteiger partial charge in [-0.25, -0.2) is 12.8 Å². The van der Waals surface area contributed by atoms with Crippen molar-refractivity contribution >= 4 is 27.7 Å². The van der Waals surface area contributed by atoms with E-state index in [2.05, 4.69) is 9.88 Å². The lowest BCUT2D eigenvalue weighted by Gasteiger charge is -2.08. The highest BCUT2D eigenvalue weighted by molar-refractivity contribution is 7.98. The van der Waals surface area contributed by atoms with Gasteiger partial charge in [0.15, 0.2) is 0 Å². The highest BCUT2D eigenvalue weighted by Crippen LogP contribution is 2.34. The van der Waals surface area contributed by atoms with Crippen molar-refractivity contribution in [3.8, 4) is 5.75 Å². The van der Waals surface area contributed by atoms with Gasteiger partial charge >= 0.3 is 0 Å². The molecular weight excluding hydrogens is 331 g/mol. The van der Waals surface area contributed by atoms with Crippen LogP contribution >= 0.6 is 11.8 Å². The first-order valence-corrected chi connectivity index (χ1v) is 9.28. The number of hydrogen-bond donors (Lipinski definition) is 1. The molecule has 0 aliphatic carbocycles. The summed E-state index contributed by atoms with van der Waals surface area (Å²) in [5.74, 6) is 1.39. The van der Waals surface area contributed by atoms with Crippen LogP contribution in [0.4, 0.5) is 10.3 Å². The van der Waals surface area contributed by atoms with Crippen LogP contribution in [0.3, 0.4) is 0 Å². The minimum Gasteiger partial charge on any atom is -0.492 e. The van der Waals surface area contributed by atoms with Crippen LogP contribution in [-0.4, -0.2) is 25.9 Å². The molecule has 0 bridgehead atoms. The summed E-state index contributed by atoms with van der Waals surface area (Å²) in [6, 6.07) is 5.38. The molecule has 22 heavy (non-hydrogen) atoms. The first-order chi connectivity index (χ1) is 10.5. The predicted molar refractivity (Wildman–Crippen MR) is 80.8 cm³/mol. The molecule has 1 aliphatic heterocycles. The van der Waals surface area contributed by atoms with Gasteiger partial charge < -0.3 is 9.26 Å². The molecule has 1 aromatic heterocycles. The molecule has 0 fully saturated rings. The summed E-state index contributed by atoms with van der Waals surface area (Å²) in [6.45, 7) is -0.0496. The largest absolute Gasteiger partial charge is 0.492 e. The number of aromatic nitrogens is 1. The molecule has 3 rings (SSSR count). The van der Waals surface area contributed by atoms with E-state index in [4.69, 9.17) is 9.26 Å². The number of fused-ring (bicyclic) bond motifs is 1. The average molecular weight is 344 g/mol. The van der Waals surface area contributed by atoms with Crippen LogP contribution in [0.25, 0.3) is 0 Å². The number of sulfonamides is 1. The number of benzene rings is 1. The zero-order valence-electron chi connectivity index (χ0n) is 11.4. The maximum absolute atomic E-state index is 12.7. The minimum absolute atomic E-state index is 0.0496. The number of ether oxygens (including phenoxy) is 1. The lowest BCUT2D eigenvalue weighted by Crippen LogP contribution is -2.21. The van der Waals surface area contributed by atoms with Gasteiger partial charge in [-0.2, -0.15) is 11.8 Å². The monoisotopic (exact) mass is 344 g/mol. The van der Waals surface area contributed by atoms with Crippen molar-refractivity contribution in [1.82, 2.24) is 5.16 Å². The van der Waals surface area contributed by atoms with Crippen molar-refractivity contribution < 1.29 is 22.1 Å². The SMILES string of the molecule is O=S(=O)(CCOc1ccc(F)cc1)Nc1onc2c1CSC2. The van der Waals surface area contributed by atoms with Crippen molar-refractivity contribution in [1.29, 1.82) is 0 Å². The second-order valence-electron chi connectivity index (χ2n) is 4.65. The molecule has 0 spiro atoms. The Bertz CT molecular complexity index is 759. The van der Waals surface area contributed by atoms with E-state index in [0.717, 1.165) is 17.0 Å². The van der Waals surface area contributed by atoms with Gasteiger partial charge in [-0.05, 0) is 24.3 Å². The first-order valence-electron chi connectivity index (χ1n) is 6.47. The first kappa shape index (κ1) is 15.2. The molecule has 0 radical (unpaired) electrons. The van der Waals surface area contributed by atoms with Gasteiger partial charge in [0.25, 0.3) is 0 Å². The van der Waals surface area contributed by atoms with Crippen LogP contribution in [0.1, 0.15) is 11.3 Å². The fourth-order valence-electron chi connectivity index (χ4n) is 1.93. The van der Waals surface area contributed by atoms with Crippen LogP contribution in [0.5, 0.6) is 5.75 Å². The van der Waals surface area contributed by atoms with Crippen LogP contribution < -0.4 is 9.46 Å². The topological polar surface area (TPSA) is 81.4 Å². The quantitative estimate of drug-likeness (QED) is 0.866. The fourth-order valence-corrected chi connectivity index (χ4v) is 3.80. The van der Waals surface area contributed by atoms with E-state index < -0.39 is 10.0 Å². The van der Waals surface area contributed by atoms with Gasteiger partial charge in [-0.15, -0.1) is 0 Å². The molecule has 2 aromatic rings. The number of hydrogen-bond acceptors (Lipinski definition) is 6. The Morgan fingerprint density at radius 3 is 2.86 bits per heavy atom. The van der Waals surface area contributed by atoms with Crippen molar-refractivity contribution in [2.75, 3.05) is 17.1 Å². The number of rotatable bonds is 6. The summed E-state index contributed by atoms with van der Waals surface area (Å²) in [4.78, 5) is 0. The number of nitrogens with one attached hydrogen (secondary N) is 1. The summed E-state index contributed by atoms with van der Waals surface area (Å²) >= 11 is 1.65. The smallest absolute Gasteiger partial charge is 0.242 e. The maximum atomic E-state index is 12.7. The maximum Gasteiger partial charge on any atom is 0.242 e. The molecule has 1 aliphatic rings. The van der Waals surface area contributed by atoms with Gasteiger partial charge in [-0.1, -0.05) is 5.16 Å². The van der Waals surface area contributed by atoms with Crippen molar-refractivity contribution in [3.63, 3.8) is 0 Å². The average Bonchev–Trinajstić information content (AvgIpc) is 3.06. The van der Waals surface area contributed by atoms with E-state index in [1.54, 1.807) is 11.8 Å². The second-order valence-corrected chi connectivity index (χ2v) is 7.48. The van der Waals surface area contributed by atoms with Crippen LogP contribution in [0, 0.1) is 5.82 Å². The zero-order chi connectivity index (χ0) is 15.6. The molecule has 0 saturated heterocycles. The summed E-state index contributed by atoms with van der Waals surface area (Å²) < 4.78 is 49.4. The van der Waals surface area contributed by atoms with Gasteiger partial charge in [0, 0.05) is 11.5 Å². The highest BCUT2D eigenvalue weighted by atomic mass is 32.2. The van der Waals surface area contributed by atoms with E-state index in [1.165, 1.54) is 24.3 Å². The van der Waals surface area contributed by atoms with E-state index in [-0.39, 0.29) is 24.1 Å². The molecule has 0 atom stereocenters. The number of anilines is 1. The molecule has 0 saturated carbocycles. The number of nitrogens with zero attached hydrogens (tertiary/aromatic N) is 1. The summed E-state index contributed by atoms with van der Waals surface area (Å²) in [5.41, 5.74) is 1.58. The molecule has 2 heterocycles. The van der Waals surface area contributed by atoms with E-state index in [1.807, 2.05) is 0 Å². The second kappa shape index (κ2) is 6.17. The predicted octanol–water partition coefficient (Wildman–Crippen LogP) is 2.38. The zero-order valence-corrected chi connectivity index (χ0v) is 13.0. The molecule has 0 amide bonds. The molecule has 0 unspecified atom stereocenters. The molecule has 6 nitrogen and oxygen atoms in total. The van der Waals surface area contributed by atoms with Crippen molar-refractivity contribution in [2.45, 2.75) is 11.5 Å². The van der Waals surface area contributed by atoms with Crippen LogP contribution in [0.15, 0.2) is 28.8 Å². The number of thioether (sulfide) groups is 1. The number of halogens is 1. The van der Waals surface area contributed by atoms with Crippen LogP contribution in [-0.2, 0) is 21.5 Å². The summed E-state index contributed by atoms with van der Waals surface area (Å²) in [7, 11) is -3.60. The Kier molecular flexibility index (Phi) is 4.25. The van der Waals surface area contributed by atoms with Gasteiger partial charge in [0.05, 0.1) is 11.3 Å². The van der Waals surface area contributed by atoms with Gasteiger partial charge in [0.2, 0.25) is 15.9 Å². The van der Waals surface area contributed by atoms with E-state index in [9.17, 15) is 12.8 Å². The Morgan fingerprint density at radius 1 is 1.32 bits per heavy atom. The normalized spacial score (nSPS) is 13.9. The van der Waals surface area contributed by atoms with Gasteiger partial charge in [0.1, 0.15) is 23.9 Å². The highest BCUT2D eigenvalue weighted by Gasteiger charge is 2.24. The standard InChI is InChI=1S/C13H13FN2O4S2/c14-9-1-3-10(4-2-9)19-5-6-22(17,18)16-13-11-7-21-8-12(11)15-20-13/h1-4,16H,5-8H2. The molecule has 1 N–H and O–H groups in total. The molecule has 1 aromatic carbocycles. The molecule has 118 valence electrons. The fraction of sp³-hybridized carbons (Fsp3) is 0.308. The van der Waals surface area contributed by atoms with Crippen molar-refractivity contribution in [3.05, 3.63) is 41.3 Å². The minimum atomic E-state index is -3.60. The third-order valence-electron chi connectivity index (χ3n) is 3.04. The Balaban J connectivity index is 1.56. The third kappa shape index (κ3) is 3.53. The molecule has 9 heteroatoms. The van der Waals surface area contributed by atoms with E-state index in [0.29, 0.717) is 11.5 Å². The Morgan fingerprint density at radius 2 is 2.09 bits per heavy atom. The van der Waals surface area contributed by atoms with E-state index >= 15 is 0 Å². The van der Waals surface area contributed by atoms with Crippen LogP contribution in [0.2, 0.25) is 0 Å². The third-order valence-corrected chi connectivity index (χ3v) is 5.21.